The van der Waals surface area contributed by atoms with Crippen molar-refractivity contribution in [1.82, 2.24) is 14.8 Å². The van der Waals surface area contributed by atoms with Crippen molar-refractivity contribution >= 4 is 46.2 Å². The van der Waals surface area contributed by atoms with Gasteiger partial charge in [0.2, 0.25) is 11.3 Å². The first kappa shape index (κ1) is 31.4. The van der Waals surface area contributed by atoms with E-state index in [4.69, 9.17) is 9.47 Å². The Labute approximate surface area is 257 Å². The number of hydrogen-bond acceptors (Lipinski definition) is 8. The van der Waals surface area contributed by atoms with Crippen molar-refractivity contribution in [2.75, 3.05) is 55.7 Å². The number of aromatic nitrogens is 1. The van der Waals surface area contributed by atoms with Crippen LogP contribution in [0.5, 0.6) is 0 Å². The lowest BCUT2D eigenvalue weighted by molar-refractivity contribution is -0.119. The summed E-state index contributed by atoms with van der Waals surface area (Å²) >= 11 is 0. The number of ether oxygens (including phenoxy) is 2. The molecule has 12 nitrogen and oxygen atoms in total. The molecular weight excluding hydrogens is 592 g/mol. The minimum absolute atomic E-state index is 0.0572. The van der Waals surface area contributed by atoms with E-state index in [0.717, 1.165) is 12.1 Å². The fourth-order valence-corrected chi connectivity index (χ4v) is 5.52. The van der Waals surface area contributed by atoms with Crippen molar-refractivity contribution in [1.29, 1.82) is 0 Å². The normalized spacial score (nSPS) is 16.6. The van der Waals surface area contributed by atoms with Gasteiger partial charge >= 0.3 is 12.1 Å². The van der Waals surface area contributed by atoms with E-state index >= 15 is 8.78 Å². The van der Waals surface area contributed by atoms with E-state index in [1.165, 1.54) is 35.1 Å². The third kappa shape index (κ3) is 6.30. The molecule has 0 bridgehead atoms. The fourth-order valence-electron chi connectivity index (χ4n) is 5.52. The molecule has 2 saturated heterocycles. The Morgan fingerprint density at radius 3 is 2.38 bits per heavy atom. The largest absolute Gasteiger partial charge is 0.462 e. The van der Waals surface area contributed by atoms with Crippen LogP contribution < -0.4 is 20.5 Å². The Hall–Kier alpha value is -5.01. The highest BCUT2D eigenvalue weighted by molar-refractivity contribution is 5.97. The monoisotopic (exact) mass is 625 g/mol. The summed E-state index contributed by atoms with van der Waals surface area (Å²) in [6.07, 6.45) is 0.139. The molecule has 238 valence electrons. The van der Waals surface area contributed by atoms with Crippen molar-refractivity contribution in [3.05, 3.63) is 69.5 Å². The van der Waals surface area contributed by atoms with Crippen LogP contribution in [-0.2, 0) is 20.8 Å². The number of fused-ring (bicyclic) bond motifs is 1. The van der Waals surface area contributed by atoms with Crippen LogP contribution in [0.15, 0.2) is 41.3 Å². The number of esters is 1. The van der Waals surface area contributed by atoms with Crippen molar-refractivity contribution < 1.29 is 37.4 Å². The van der Waals surface area contributed by atoms with E-state index < -0.39 is 41.1 Å². The van der Waals surface area contributed by atoms with E-state index in [9.17, 15) is 24.0 Å². The fraction of sp³-hybridized carbons (Fsp3) is 0.387. The number of pyridine rings is 1. The first-order valence-corrected chi connectivity index (χ1v) is 14.6. The van der Waals surface area contributed by atoms with Gasteiger partial charge in [-0.1, -0.05) is 0 Å². The van der Waals surface area contributed by atoms with Gasteiger partial charge < -0.3 is 29.2 Å². The minimum atomic E-state index is -0.807. The number of cyclic esters (lactones) is 1. The van der Waals surface area contributed by atoms with E-state index in [1.807, 2.05) is 6.92 Å². The second-order valence-electron chi connectivity index (χ2n) is 10.7. The Morgan fingerprint density at radius 2 is 1.73 bits per heavy atom. The zero-order chi connectivity index (χ0) is 32.4. The molecule has 0 spiro atoms. The maximum absolute atomic E-state index is 15.4. The summed E-state index contributed by atoms with van der Waals surface area (Å²) < 4.78 is 42.4. The molecule has 2 aromatic carbocycles. The number of benzene rings is 2. The highest BCUT2D eigenvalue weighted by Crippen LogP contribution is 2.28. The summed E-state index contributed by atoms with van der Waals surface area (Å²) in [6.45, 7) is 6.42. The molecule has 0 saturated carbocycles. The molecule has 0 radical (unpaired) electrons. The third-order valence-corrected chi connectivity index (χ3v) is 7.84. The number of carbonyl (C=O) groups is 4. The summed E-state index contributed by atoms with van der Waals surface area (Å²) in [5, 5.41) is 2.63. The van der Waals surface area contributed by atoms with Crippen LogP contribution in [0.1, 0.15) is 41.5 Å². The van der Waals surface area contributed by atoms with Gasteiger partial charge in [0, 0.05) is 51.2 Å². The lowest BCUT2D eigenvalue weighted by atomic mass is 10.1. The maximum Gasteiger partial charge on any atom is 0.414 e. The van der Waals surface area contributed by atoms with Crippen molar-refractivity contribution in [3.63, 3.8) is 0 Å². The molecule has 1 N–H and O–H groups in total. The first-order valence-electron chi connectivity index (χ1n) is 14.6. The molecule has 3 amide bonds. The molecule has 2 aliphatic rings. The van der Waals surface area contributed by atoms with Crippen LogP contribution in [0.4, 0.5) is 25.0 Å². The van der Waals surface area contributed by atoms with Gasteiger partial charge in [-0.3, -0.25) is 19.3 Å². The lowest BCUT2D eigenvalue weighted by Crippen LogP contribution is -2.49. The van der Waals surface area contributed by atoms with Gasteiger partial charge in [-0.2, -0.15) is 0 Å². The number of nitrogens with zero attached hydrogens (tertiary/aromatic N) is 4. The zero-order valence-electron chi connectivity index (χ0n) is 25.1. The number of carbonyl (C=O) groups excluding carboxylic acids is 4. The van der Waals surface area contributed by atoms with Gasteiger partial charge in [0.1, 0.15) is 23.3 Å². The average Bonchev–Trinajstić information content (AvgIpc) is 3.40. The number of rotatable bonds is 8. The highest BCUT2D eigenvalue weighted by atomic mass is 19.1. The molecule has 2 fully saturated rings. The van der Waals surface area contributed by atoms with Gasteiger partial charge in [-0.15, -0.1) is 0 Å². The average molecular weight is 626 g/mol. The Morgan fingerprint density at radius 1 is 1.00 bits per heavy atom. The number of amides is 3. The second kappa shape index (κ2) is 12.9. The molecule has 0 unspecified atom stereocenters. The number of hydrogen-bond donors (Lipinski definition) is 1. The predicted octanol–water partition coefficient (Wildman–Crippen LogP) is 2.90. The highest BCUT2D eigenvalue weighted by Gasteiger charge is 2.33. The maximum atomic E-state index is 15.4. The van der Waals surface area contributed by atoms with Crippen LogP contribution in [-0.4, -0.2) is 85.3 Å². The van der Waals surface area contributed by atoms with Gasteiger partial charge in [-0.25, -0.2) is 18.4 Å². The Kier molecular flexibility index (Phi) is 9.02. The Bertz CT molecular complexity index is 1740. The van der Waals surface area contributed by atoms with E-state index in [-0.39, 0.29) is 79.7 Å². The molecule has 1 aromatic heterocycles. The van der Waals surface area contributed by atoms with Crippen LogP contribution in [0, 0.1) is 11.6 Å². The molecule has 5 rings (SSSR count). The molecule has 3 aromatic rings. The summed E-state index contributed by atoms with van der Waals surface area (Å²) in [6, 6.07) is 6.54. The topological polar surface area (TPSA) is 130 Å². The SMILES string of the molecule is CCOC(=O)c1cn(CC)c2cc(N3CCN(C(=O)c4ccc(N5C[C@H](CNC(C)=O)OC5=O)cc4F)CC3)c(F)cc2c1=O. The number of nitrogens with one attached hydrogen (secondary N) is 1. The van der Waals surface area contributed by atoms with Crippen LogP contribution >= 0.6 is 0 Å². The molecular formula is C31H33F2N5O7. The summed E-state index contributed by atoms with van der Waals surface area (Å²) in [4.78, 5) is 66.4. The smallest absolute Gasteiger partial charge is 0.414 e. The minimum Gasteiger partial charge on any atom is -0.462 e. The van der Waals surface area contributed by atoms with Gasteiger partial charge in [0.15, 0.2) is 0 Å². The molecule has 45 heavy (non-hydrogen) atoms. The molecule has 14 heteroatoms. The van der Waals surface area contributed by atoms with E-state index in [1.54, 1.807) is 22.5 Å². The van der Waals surface area contributed by atoms with Crippen molar-refractivity contribution in [2.45, 2.75) is 33.4 Å². The van der Waals surface area contributed by atoms with Crippen molar-refractivity contribution in [2.24, 2.45) is 0 Å². The standard InChI is InChI=1S/C31H33F2N5O7/c1-4-35-17-23(30(42)44-5-2)28(40)22-13-25(33)27(14-26(22)35)36-8-10-37(11-9-36)29(41)21-7-6-19(12-24(21)32)38-16-20(45-31(38)43)15-34-18(3)39/h6-7,12-14,17,20H,4-5,8-11,15-16H2,1-3H3,(H,34,39)/t20-/m0/s1. The quantitative estimate of drug-likeness (QED) is 0.379. The molecule has 2 aliphatic heterocycles. The number of aryl methyl sites for hydroxylation is 1. The van der Waals surface area contributed by atoms with Crippen LogP contribution in [0.2, 0.25) is 0 Å². The van der Waals surface area contributed by atoms with Crippen molar-refractivity contribution in [3.8, 4) is 0 Å². The van der Waals surface area contributed by atoms with Gasteiger partial charge in [0.25, 0.3) is 5.91 Å². The van der Waals surface area contributed by atoms with E-state index in [0.29, 0.717) is 12.1 Å². The predicted molar refractivity (Wildman–Crippen MR) is 161 cm³/mol. The zero-order valence-corrected chi connectivity index (χ0v) is 25.1. The second-order valence-corrected chi connectivity index (χ2v) is 10.7. The number of anilines is 2. The lowest BCUT2D eigenvalue weighted by Gasteiger charge is -2.36. The van der Waals surface area contributed by atoms with Crippen LogP contribution in [0.25, 0.3) is 10.9 Å². The number of halogens is 2. The summed E-state index contributed by atoms with van der Waals surface area (Å²) in [5.74, 6) is -3.04. The van der Waals surface area contributed by atoms with E-state index in [2.05, 4.69) is 5.32 Å². The molecule has 0 aliphatic carbocycles. The third-order valence-electron chi connectivity index (χ3n) is 7.84. The van der Waals surface area contributed by atoms with Gasteiger partial charge in [-0.05, 0) is 44.2 Å². The van der Waals surface area contributed by atoms with Gasteiger partial charge in [0.05, 0.1) is 42.2 Å². The number of piperazine rings is 1. The summed E-state index contributed by atoms with van der Waals surface area (Å²) in [5.41, 5.74) is -0.0432. The summed E-state index contributed by atoms with van der Waals surface area (Å²) in [7, 11) is 0. The molecule has 3 heterocycles. The molecule has 1 atom stereocenters. The van der Waals surface area contributed by atoms with Crippen LogP contribution in [0.3, 0.4) is 0 Å². The first-order chi connectivity index (χ1) is 21.5. The Balaban J connectivity index is 1.28.